The van der Waals surface area contributed by atoms with E-state index in [-0.39, 0.29) is 17.1 Å². The van der Waals surface area contributed by atoms with Gasteiger partial charge in [-0.2, -0.15) is 17.9 Å². The summed E-state index contributed by atoms with van der Waals surface area (Å²) in [4.78, 5) is 25.2. The van der Waals surface area contributed by atoms with Crippen LogP contribution in [-0.2, 0) is 26.1 Å². The number of aromatic nitrogens is 3. The highest BCUT2D eigenvalue weighted by Crippen LogP contribution is 2.31. The summed E-state index contributed by atoms with van der Waals surface area (Å²) < 4.78 is 55.1. The number of nitrogens with zero attached hydrogens (tertiary/aromatic N) is 3. The van der Waals surface area contributed by atoms with Crippen LogP contribution in [-0.4, -0.2) is 14.3 Å². The second-order valence-corrected chi connectivity index (χ2v) is 7.00. The molecule has 0 spiro atoms. The fourth-order valence-electron chi connectivity index (χ4n) is 3.51. The van der Waals surface area contributed by atoms with E-state index < -0.39 is 28.8 Å². The van der Waals surface area contributed by atoms with Gasteiger partial charge in [-0.3, -0.25) is 9.59 Å². The van der Waals surface area contributed by atoms with Gasteiger partial charge in [-0.1, -0.05) is 0 Å². The molecule has 156 valence electrons. The predicted molar refractivity (Wildman–Crippen MR) is 102 cm³/mol. The van der Waals surface area contributed by atoms with Gasteiger partial charge in [-0.05, 0) is 49.6 Å². The number of alkyl halides is 3. The number of halogens is 4. The Morgan fingerprint density at radius 3 is 2.50 bits per heavy atom. The van der Waals surface area contributed by atoms with Gasteiger partial charge in [0.2, 0.25) is 0 Å². The number of fused-ring (bicyclic) bond motifs is 1. The molecule has 0 unspecified atom stereocenters. The molecule has 1 aliphatic carbocycles. The quantitative estimate of drug-likeness (QED) is 0.660. The van der Waals surface area contributed by atoms with Gasteiger partial charge in [-0.25, -0.2) is 4.39 Å². The minimum Gasteiger partial charge on any atom is -0.334 e. The first-order valence-corrected chi connectivity index (χ1v) is 9.11. The Kier molecular flexibility index (Phi) is 4.71. The molecule has 1 aliphatic rings. The molecule has 30 heavy (non-hydrogen) atoms. The number of rotatable bonds is 3. The Morgan fingerprint density at radius 2 is 1.80 bits per heavy atom. The van der Waals surface area contributed by atoms with Crippen molar-refractivity contribution < 1.29 is 17.6 Å². The number of pyridine rings is 1. The maximum atomic E-state index is 14.5. The zero-order valence-electron chi connectivity index (χ0n) is 15.8. The number of nitrogens with one attached hydrogen (secondary N) is 1. The van der Waals surface area contributed by atoms with Crippen molar-refractivity contribution >= 4 is 11.5 Å². The van der Waals surface area contributed by atoms with E-state index >= 15 is 0 Å². The Bertz CT molecular complexity index is 1260. The molecule has 0 saturated heterocycles. The molecular formula is C20H16F4N4O2. The van der Waals surface area contributed by atoms with Crippen molar-refractivity contribution in [1.82, 2.24) is 14.3 Å². The van der Waals surface area contributed by atoms with Crippen LogP contribution in [0, 0.1) is 5.82 Å². The zero-order chi connectivity index (χ0) is 21.6. The number of hydrogen-bond donors (Lipinski definition) is 1. The van der Waals surface area contributed by atoms with Crippen molar-refractivity contribution in [2.24, 2.45) is 7.05 Å². The third kappa shape index (κ3) is 3.38. The van der Waals surface area contributed by atoms with Crippen LogP contribution in [0.4, 0.5) is 29.1 Å². The fourth-order valence-corrected chi connectivity index (χ4v) is 3.51. The van der Waals surface area contributed by atoms with Gasteiger partial charge in [0.1, 0.15) is 17.2 Å². The van der Waals surface area contributed by atoms with E-state index in [2.05, 4.69) is 10.4 Å². The molecule has 0 fully saturated rings. The Morgan fingerprint density at radius 1 is 1.07 bits per heavy atom. The van der Waals surface area contributed by atoms with E-state index in [4.69, 9.17) is 0 Å². The fraction of sp³-hybridized carbons (Fsp3) is 0.250. The van der Waals surface area contributed by atoms with Gasteiger partial charge in [0.05, 0.1) is 5.56 Å². The first-order valence-electron chi connectivity index (χ1n) is 9.11. The summed E-state index contributed by atoms with van der Waals surface area (Å²) in [7, 11) is 1.57. The van der Waals surface area contributed by atoms with E-state index in [1.807, 2.05) is 0 Å². The number of hydrogen-bond acceptors (Lipinski definition) is 4. The van der Waals surface area contributed by atoms with Gasteiger partial charge in [-0.15, -0.1) is 5.10 Å². The number of anilines is 2. The molecule has 0 atom stereocenters. The summed E-state index contributed by atoms with van der Waals surface area (Å²) in [5.74, 6) is -1.02. The lowest BCUT2D eigenvalue weighted by Crippen LogP contribution is -2.28. The standard InChI is InChI=1S/C20H16F4N4O2/c1-27-9-3-6-15(19(27)30)25-17-12-4-2-5-13(12)18(29)28(26-17)16-8-7-11(10-14(16)21)20(22,23)24/h3,6-10H,2,4-5H2,1H3,(H,25,26). The molecule has 2 heterocycles. The van der Waals surface area contributed by atoms with Crippen molar-refractivity contribution in [3.63, 3.8) is 0 Å². The SMILES string of the molecule is Cn1cccc(Nc2nn(-c3ccc(C(F)(F)F)cc3F)c(=O)c3c2CCC3)c1=O. The number of aryl methyl sites for hydroxylation is 1. The minimum atomic E-state index is -4.71. The molecule has 0 radical (unpaired) electrons. The average molecular weight is 420 g/mol. The Labute approximate surface area is 167 Å². The van der Waals surface area contributed by atoms with Crippen molar-refractivity contribution in [3.05, 3.63) is 79.7 Å². The maximum absolute atomic E-state index is 14.5. The normalized spacial score (nSPS) is 13.4. The summed E-state index contributed by atoms with van der Waals surface area (Å²) in [6.45, 7) is 0. The highest BCUT2D eigenvalue weighted by molar-refractivity contribution is 5.61. The number of benzene rings is 1. The minimum absolute atomic E-state index is 0.199. The van der Waals surface area contributed by atoms with E-state index in [1.54, 1.807) is 25.4 Å². The molecule has 1 aromatic carbocycles. The van der Waals surface area contributed by atoms with Crippen LogP contribution in [0.25, 0.3) is 5.69 Å². The van der Waals surface area contributed by atoms with Crippen molar-refractivity contribution in [3.8, 4) is 5.69 Å². The molecule has 4 rings (SSSR count). The first kappa shape index (κ1) is 19.9. The van der Waals surface area contributed by atoms with Gasteiger partial charge in [0.15, 0.2) is 5.82 Å². The van der Waals surface area contributed by atoms with Crippen molar-refractivity contribution in [1.29, 1.82) is 0 Å². The third-order valence-electron chi connectivity index (χ3n) is 5.03. The third-order valence-corrected chi connectivity index (χ3v) is 5.03. The molecule has 0 saturated carbocycles. The molecule has 3 aromatic rings. The van der Waals surface area contributed by atoms with E-state index in [0.29, 0.717) is 42.5 Å². The molecular weight excluding hydrogens is 404 g/mol. The molecule has 0 bridgehead atoms. The first-order chi connectivity index (χ1) is 14.2. The largest absolute Gasteiger partial charge is 0.416 e. The second-order valence-electron chi connectivity index (χ2n) is 7.00. The van der Waals surface area contributed by atoms with E-state index in [9.17, 15) is 27.2 Å². The molecule has 6 nitrogen and oxygen atoms in total. The van der Waals surface area contributed by atoms with E-state index in [0.717, 1.165) is 10.7 Å². The van der Waals surface area contributed by atoms with Crippen LogP contribution in [0.1, 0.15) is 23.1 Å². The molecule has 0 amide bonds. The van der Waals surface area contributed by atoms with Crippen LogP contribution in [0.3, 0.4) is 0 Å². The van der Waals surface area contributed by atoms with Gasteiger partial charge >= 0.3 is 6.18 Å². The highest BCUT2D eigenvalue weighted by atomic mass is 19.4. The lowest BCUT2D eigenvalue weighted by Gasteiger charge is -2.15. The smallest absolute Gasteiger partial charge is 0.334 e. The van der Waals surface area contributed by atoms with Gasteiger partial charge < -0.3 is 9.88 Å². The second kappa shape index (κ2) is 7.12. The van der Waals surface area contributed by atoms with Crippen LogP contribution in [0.15, 0.2) is 46.1 Å². The molecule has 10 heteroatoms. The maximum Gasteiger partial charge on any atom is 0.416 e. The lowest BCUT2D eigenvalue weighted by molar-refractivity contribution is -0.137. The summed E-state index contributed by atoms with van der Waals surface area (Å²) in [5, 5.41) is 7.06. The van der Waals surface area contributed by atoms with Gasteiger partial charge in [0.25, 0.3) is 11.1 Å². The highest BCUT2D eigenvalue weighted by Gasteiger charge is 2.32. The molecule has 0 aliphatic heterocycles. The summed E-state index contributed by atoms with van der Waals surface area (Å²) >= 11 is 0. The Balaban J connectivity index is 1.87. The van der Waals surface area contributed by atoms with Crippen molar-refractivity contribution in [2.75, 3.05) is 5.32 Å². The molecule has 2 aromatic heterocycles. The molecule has 1 N–H and O–H groups in total. The predicted octanol–water partition coefficient (Wildman–Crippen LogP) is 3.32. The monoisotopic (exact) mass is 420 g/mol. The van der Waals surface area contributed by atoms with Crippen molar-refractivity contribution in [2.45, 2.75) is 25.4 Å². The van der Waals surface area contributed by atoms with Gasteiger partial charge in [0, 0.05) is 24.4 Å². The van der Waals surface area contributed by atoms with E-state index in [1.165, 1.54) is 4.57 Å². The topological polar surface area (TPSA) is 68.9 Å². The lowest BCUT2D eigenvalue weighted by atomic mass is 10.1. The summed E-state index contributed by atoms with van der Waals surface area (Å²) in [6.07, 6.45) is -1.49. The van der Waals surface area contributed by atoms with Crippen LogP contribution in [0.5, 0.6) is 0 Å². The van der Waals surface area contributed by atoms with Crippen LogP contribution >= 0.6 is 0 Å². The zero-order valence-corrected chi connectivity index (χ0v) is 15.8. The summed E-state index contributed by atoms with van der Waals surface area (Å²) in [6, 6.07) is 5.09. The van der Waals surface area contributed by atoms with Crippen LogP contribution < -0.4 is 16.4 Å². The summed E-state index contributed by atoms with van der Waals surface area (Å²) in [5.41, 5.74) is -1.25. The Hall–Kier alpha value is -3.43. The van der Waals surface area contributed by atoms with Crippen LogP contribution in [0.2, 0.25) is 0 Å². The average Bonchev–Trinajstić information content (AvgIpc) is 3.18.